The molecule has 0 saturated carbocycles. The molecule has 0 aliphatic carbocycles. The second-order valence-corrected chi connectivity index (χ2v) is 6.39. The average molecular weight is 370 g/mol. The SMILES string of the molecule is NC(=O)COc1ccc(C(=O)N2CCC(Oc3cccc(O)c3)CC2)cc1. The summed E-state index contributed by atoms with van der Waals surface area (Å²) in [5.41, 5.74) is 5.60. The highest BCUT2D eigenvalue weighted by Crippen LogP contribution is 2.23. The summed E-state index contributed by atoms with van der Waals surface area (Å²) in [5, 5.41) is 9.50. The van der Waals surface area contributed by atoms with Crippen molar-refractivity contribution < 1.29 is 24.2 Å². The number of ether oxygens (including phenoxy) is 2. The van der Waals surface area contributed by atoms with Crippen LogP contribution in [0.2, 0.25) is 0 Å². The summed E-state index contributed by atoms with van der Waals surface area (Å²) in [7, 11) is 0. The van der Waals surface area contributed by atoms with E-state index in [4.69, 9.17) is 15.2 Å². The maximum absolute atomic E-state index is 12.6. The van der Waals surface area contributed by atoms with Crippen LogP contribution in [0.4, 0.5) is 0 Å². The van der Waals surface area contributed by atoms with Gasteiger partial charge in [-0.15, -0.1) is 0 Å². The minimum absolute atomic E-state index is 0.0143. The maximum atomic E-state index is 12.6. The number of phenols is 1. The lowest BCUT2D eigenvalue weighted by atomic mass is 10.1. The number of rotatable bonds is 6. The van der Waals surface area contributed by atoms with Gasteiger partial charge in [0.05, 0.1) is 0 Å². The molecule has 0 atom stereocenters. The highest BCUT2D eigenvalue weighted by molar-refractivity contribution is 5.94. The van der Waals surface area contributed by atoms with E-state index < -0.39 is 5.91 Å². The summed E-state index contributed by atoms with van der Waals surface area (Å²) in [6.07, 6.45) is 1.46. The first-order chi connectivity index (χ1) is 13.0. The summed E-state index contributed by atoms with van der Waals surface area (Å²) in [4.78, 5) is 25.1. The molecule has 7 heteroatoms. The first-order valence-corrected chi connectivity index (χ1v) is 8.77. The molecule has 27 heavy (non-hydrogen) atoms. The van der Waals surface area contributed by atoms with Gasteiger partial charge in [0.25, 0.3) is 11.8 Å². The highest BCUT2D eigenvalue weighted by Gasteiger charge is 2.24. The Balaban J connectivity index is 1.51. The maximum Gasteiger partial charge on any atom is 0.255 e. The fourth-order valence-electron chi connectivity index (χ4n) is 2.96. The number of aromatic hydroxyl groups is 1. The summed E-state index contributed by atoms with van der Waals surface area (Å²) < 4.78 is 11.1. The van der Waals surface area contributed by atoms with E-state index in [0.29, 0.717) is 30.2 Å². The van der Waals surface area contributed by atoms with Gasteiger partial charge >= 0.3 is 0 Å². The van der Waals surface area contributed by atoms with Gasteiger partial charge in [-0.2, -0.15) is 0 Å². The van der Waals surface area contributed by atoms with Crippen LogP contribution in [0.1, 0.15) is 23.2 Å². The Morgan fingerprint density at radius 3 is 2.41 bits per heavy atom. The highest BCUT2D eigenvalue weighted by atomic mass is 16.5. The lowest BCUT2D eigenvalue weighted by Gasteiger charge is -2.32. The van der Waals surface area contributed by atoms with Crippen molar-refractivity contribution in [3.8, 4) is 17.2 Å². The molecule has 0 radical (unpaired) electrons. The number of nitrogens with two attached hydrogens (primary N) is 1. The molecule has 2 aromatic rings. The van der Waals surface area contributed by atoms with Crippen LogP contribution in [0.15, 0.2) is 48.5 Å². The predicted octanol–water partition coefficient (Wildman–Crippen LogP) is 1.94. The quantitative estimate of drug-likeness (QED) is 0.809. The first kappa shape index (κ1) is 18.6. The minimum Gasteiger partial charge on any atom is -0.508 e. The number of amides is 2. The fraction of sp³-hybridized carbons (Fsp3) is 0.300. The van der Waals surface area contributed by atoms with Crippen molar-refractivity contribution >= 4 is 11.8 Å². The van der Waals surface area contributed by atoms with Crippen molar-refractivity contribution in [3.05, 3.63) is 54.1 Å². The average Bonchev–Trinajstić information content (AvgIpc) is 2.67. The number of benzene rings is 2. The van der Waals surface area contributed by atoms with E-state index in [1.165, 1.54) is 0 Å². The van der Waals surface area contributed by atoms with Gasteiger partial charge in [-0.05, 0) is 36.4 Å². The van der Waals surface area contributed by atoms with Gasteiger partial charge in [0.1, 0.15) is 23.4 Å². The van der Waals surface area contributed by atoms with Crippen LogP contribution in [-0.2, 0) is 4.79 Å². The van der Waals surface area contributed by atoms with Gasteiger partial charge in [0.2, 0.25) is 0 Å². The number of carbonyl (C=O) groups is 2. The lowest BCUT2D eigenvalue weighted by Crippen LogP contribution is -2.41. The molecular weight excluding hydrogens is 348 g/mol. The molecule has 142 valence electrons. The number of primary amides is 1. The molecule has 1 fully saturated rings. The number of hydrogen-bond acceptors (Lipinski definition) is 5. The molecule has 2 amide bonds. The first-order valence-electron chi connectivity index (χ1n) is 8.77. The van der Waals surface area contributed by atoms with Gasteiger partial charge in [-0.1, -0.05) is 6.07 Å². The smallest absolute Gasteiger partial charge is 0.255 e. The molecule has 0 bridgehead atoms. The molecular formula is C20H22N2O5. The second-order valence-electron chi connectivity index (χ2n) is 6.39. The Morgan fingerprint density at radius 1 is 1.07 bits per heavy atom. The van der Waals surface area contributed by atoms with Gasteiger partial charge in [0.15, 0.2) is 6.61 Å². The Hall–Kier alpha value is -3.22. The molecule has 0 aromatic heterocycles. The van der Waals surface area contributed by atoms with Crippen molar-refractivity contribution in [2.45, 2.75) is 18.9 Å². The van der Waals surface area contributed by atoms with Crippen LogP contribution >= 0.6 is 0 Å². The third kappa shape index (κ3) is 5.13. The summed E-state index contributed by atoms with van der Waals surface area (Å²) in [6, 6.07) is 13.4. The van der Waals surface area contributed by atoms with E-state index in [0.717, 1.165) is 12.8 Å². The monoisotopic (exact) mass is 370 g/mol. The minimum atomic E-state index is -0.550. The predicted molar refractivity (Wildman–Crippen MR) is 98.8 cm³/mol. The second kappa shape index (κ2) is 8.44. The van der Waals surface area contributed by atoms with Crippen molar-refractivity contribution in [2.75, 3.05) is 19.7 Å². The zero-order valence-corrected chi connectivity index (χ0v) is 14.8. The molecule has 1 aliphatic rings. The Bertz CT molecular complexity index is 798. The van der Waals surface area contributed by atoms with Gasteiger partial charge in [0, 0.05) is 37.6 Å². The van der Waals surface area contributed by atoms with Crippen LogP contribution in [0.3, 0.4) is 0 Å². The molecule has 1 heterocycles. The summed E-state index contributed by atoms with van der Waals surface area (Å²) >= 11 is 0. The third-order valence-electron chi connectivity index (χ3n) is 4.33. The number of phenolic OH excluding ortho intramolecular Hbond substituents is 1. The number of nitrogens with zero attached hydrogens (tertiary/aromatic N) is 1. The van der Waals surface area contributed by atoms with Crippen molar-refractivity contribution in [1.29, 1.82) is 0 Å². The number of piperidine rings is 1. The largest absolute Gasteiger partial charge is 0.508 e. The summed E-state index contributed by atoms with van der Waals surface area (Å²) in [5.74, 6) is 0.691. The molecule has 0 spiro atoms. The number of carbonyl (C=O) groups excluding carboxylic acids is 2. The molecule has 7 nitrogen and oxygen atoms in total. The fourth-order valence-corrected chi connectivity index (χ4v) is 2.96. The molecule has 1 saturated heterocycles. The van der Waals surface area contributed by atoms with Crippen molar-refractivity contribution in [1.82, 2.24) is 4.90 Å². The third-order valence-corrected chi connectivity index (χ3v) is 4.33. The molecule has 1 aliphatic heterocycles. The van der Waals surface area contributed by atoms with Crippen molar-refractivity contribution in [3.63, 3.8) is 0 Å². The van der Waals surface area contributed by atoms with E-state index in [1.54, 1.807) is 53.4 Å². The molecule has 2 aromatic carbocycles. The summed E-state index contributed by atoms with van der Waals surface area (Å²) in [6.45, 7) is 1.00. The topological polar surface area (TPSA) is 102 Å². The van der Waals surface area contributed by atoms with E-state index in [1.807, 2.05) is 0 Å². The lowest BCUT2D eigenvalue weighted by molar-refractivity contribution is -0.119. The Morgan fingerprint density at radius 2 is 1.78 bits per heavy atom. The Kier molecular flexibility index (Phi) is 5.80. The van der Waals surface area contributed by atoms with Crippen LogP contribution in [0, 0.1) is 0 Å². The van der Waals surface area contributed by atoms with Crippen LogP contribution in [0.5, 0.6) is 17.2 Å². The van der Waals surface area contributed by atoms with Crippen molar-refractivity contribution in [2.24, 2.45) is 5.73 Å². The van der Waals surface area contributed by atoms with Gasteiger partial charge in [-0.3, -0.25) is 9.59 Å². The zero-order valence-electron chi connectivity index (χ0n) is 14.8. The van der Waals surface area contributed by atoms with E-state index in [9.17, 15) is 14.7 Å². The van der Waals surface area contributed by atoms with Crippen LogP contribution < -0.4 is 15.2 Å². The normalized spacial score (nSPS) is 14.6. The standard InChI is InChI=1S/C20H22N2O5/c21-19(24)13-26-16-6-4-14(5-7-16)20(25)22-10-8-17(9-11-22)27-18-3-1-2-15(23)12-18/h1-7,12,17,23H,8-11,13H2,(H2,21,24). The van der Waals surface area contributed by atoms with Gasteiger partial charge < -0.3 is 25.2 Å². The number of likely N-dealkylation sites (tertiary alicyclic amines) is 1. The van der Waals surface area contributed by atoms with E-state index in [-0.39, 0.29) is 24.4 Å². The zero-order chi connectivity index (χ0) is 19.2. The van der Waals surface area contributed by atoms with Gasteiger partial charge in [-0.25, -0.2) is 0 Å². The van der Waals surface area contributed by atoms with E-state index in [2.05, 4.69) is 0 Å². The van der Waals surface area contributed by atoms with E-state index >= 15 is 0 Å². The van der Waals surface area contributed by atoms with Crippen LogP contribution in [0.25, 0.3) is 0 Å². The van der Waals surface area contributed by atoms with Crippen LogP contribution in [-0.4, -0.2) is 47.6 Å². The molecule has 3 rings (SSSR count). The molecule has 0 unspecified atom stereocenters. The Labute approximate surface area is 157 Å². The number of hydrogen-bond donors (Lipinski definition) is 2. The molecule has 3 N–H and O–H groups in total.